The molecule has 0 bridgehead atoms. The van der Waals surface area contributed by atoms with Crippen molar-refractivity contribution < 1.29 is 18.7 Å². The Hall–Kier alpha value is -2.60. The first-order chi connectivity index (χ1) is 15.5. The topological polar surface area (TPSA) is 42.0 Å². The van der Waals surface area contributed by atoms with E-state index in [0.29, 0.717) is 26.2 Å². The molecule has 2 aromatic rings. The van der Waals surface area contributed by atoms with Gasteiger partial charge in [-0.05, 0) is 81.2 Å². The van der Waals surface area contributed by atoms with Crippen molar-refractivity contribution in [2.75, 3.05) is 33.4 Å². The number of carbonyl (C=O) groups excluding carboxylic acids is 1. The lowest BCUT2D eigenvalue weighted by Gasteiger charge is -2.52. The monoisotopic (exact) mass is 440 g/mol. The third-order valence-corrected chi connectivity index (χ3v) is 6.87. The quantitative estimate of drug-likeness (QED) is 0.615. The van der Waals surface area contributed by atoms with E-state index < -0.39 is 0 Å². The van der Waals surface area contributed by atoms with Crippen molar-refractivity contribution in [3.8, 4) is 5.75 Å². The van der Waals surface area contributed by atoms with Crippen molar-refractivity contribution in [3.05, 3.63) is 65.5 Å². The Labute approximate surface area is 190 Å². The van der Waals surface area contributed by atoms with Gasteiger partial charge in [0.1, 0.15) is 18.2 Å². The van der Waals surface area contributed by atoms with Gasteiger partial charge in [0.2, 0.25) is 0 Å². The number of halogens is 1. The number of likely N-dealkylation sites (tertiary alicyclic amines) is 1. The molecule has 0 aliphatic carbocycles. The van der Waals surface area contributed by atoms with Crippen LogP contribution in [0, 0.1) is 11.2 Å². The molecule has 2 aliphatic rings. The minimum atomic E-state index is -0.270. The smallest absolute Gasteiger partial charge is 0.410 e. The summed E-state index contributed by atoms with van der Waals surface area (Å²) in [5.74, 6) is 0.597. The number of piperidine rings is 1. The zero-order valence-electron chi connectivity index (χ0n) is 19.1. The summed E-state index contributed by atoms with van der Waals surface area (Å²) in [5, 5.41) is 0. The first kappa shape index (κ1) is 22.6. The zero-order chi connectivity index (χ0) is 22.6. The van der Waals surface area contributed by atoms with Crippen molar-refractivity contribution in [2.24, 2.45) is 5.41 Å². The van der Waals surface area contributed by atoms with Crippen LogP contribution in [0.2, 0.25) is 0 Å². The van der Waals surface area contributed by atoms with Gasteiger partial charge in [-0.1, -0.05) is 31.2 Å². The Bertz CT molecular complexity index is 892. The highest BCUT2D eigenvalue weighted by molar-refractivity contribution is 5.69. The molecular weight excluding hydrogens is 407 g/mol. The van der Waals surface area contributed by atoms with Crippen LogP contribution in [0.3, 0.4) is 0 Å². The Kier molecular flexibility index (Phi) is 6.99. The van der Waals surface area contributed by atoms with Gasteiger partial charge >= 0.3 is 6.09 Å². The van der Waals surface area contributed by atoms with E-state index in [0.717, 1.165) is 49.2 Å². The fourth-order valence-electron chi connectivity index (χ4n) is 4.84. The van der Waals surface area contributed by atoms with Gasteiger partial charge in [-0.25, -0.2) is 9.18 Å². The molecule has 1 spiro atoms. The molecule has 4 rings (SSSR count). The fourth-order valence-corrected chi connectivity index (χ4v) is 4.84. The highest BCUT2D eigenvalue weighted by Gasteiger charge is 2.49. The van der Waals surface area contributed by atoms with Gasteiger partial charge in [0.25, 0.3) is 0 Å². The van der Waals surface area contributed by atoms with Crippen LogP contribution in [0.1, 0.15) is 37.3 Å². The van der Waals surface area contributed by atoms with Gasteiger partial charge in [0.05, 0.1) is 6.61 Å². The van der Waals surface area contributed by atoms with Crippen molar-refractivity contribution in [2.45, 2.75) is 45.2 Å². The Morgan fingerprint density at radius 2 is 1.72 bits per heavy atom. The number of cyclic esters (lactones) is 1. The van der Waals surface area contributed by atoms with Crippen molar-refractivity contribution >= 4 is 6.09 Å². The van der Waals surface area contributed by atoms with E-state index in [1.54, 1.807) is 0 Å². The molecule has 32 heavy (non-hydrogen) atoms. The number of nitrogens with zero attached hydrogens (tertiary/aromatic N) is 2. The van der Waals surface area contributed by atoms with E-state index in [1.165, 1.54) is 12.1 Å². The molecule has 0 radical (unpaired) electrons. The molecule has 0 aromatic heterocycles. The lowest BCUT2D eigenvalue weighted by atomic mass is 9.69. The maximum Gasteiger partial charge on any atom is 0.410 e. The van der Waals surface area contributed by atoms with Crippen LogP contribution in [-0.2, 0) is 17.7 Å². The molecule has 1 unspecified atom stereocenters. The van der Waals surface area contributed by atoms with Crippen molar-refractivity contribution in [1.82, 2.24) is 9.80 Å². The number of hydrogen-bond donors (Lipinski definition) is 0. The predicted octanol–water partition coefficient (Wildman–Crippen LogP) is 4.89. The standard InChI is InChI=1S/C26H33FN2O3/c1-3-16-31-23-10-6-21(7-11-23)18-29-24(17-20-4-8-22(27)9-5-20)26(19-32-25(29)30)12-14-28(2)15-13-26/h4-11,24H,3,12-19H2,1-2H3. The number of carbonyl (C=O) groups is 1. The van der Waals surface area contributed by atoms with Gasteiger partial charge in [-0.2, -0.15) is 0 Å². The molecule has 6 heteroatoms. The third-order valence-electron chi connectivity index (χ3n) is 6.87. The number of ether oxygens (including phenoxy) is 2. The summed E-state index contributed by atoms with van der Waals surface area (Å²) in [6, 6.07) is 14.6. The second kappa shape index (κ2) is 9.90. The van der Waals surface area contributed by atoms with Crippen LogP contribution in [0.5, 0.6) is 5.75 Å². The lowest BCUT2D eigenvalue weighted by Crippen LogP contribution is -2.61. The van der Waals surface area contributed by atoms with Crippen LogP contribution in [-0.4, -0.2) is 55.3 Å². The zero-order valence-corrected chi connectivity index (χ0v) is 19.1. The summed E-state index contributed by atoms with van der Waals surface area (Å²) in [4.78, 5) is 17.2. The molecule has 2 aliphatic heterocycles. The first-order valence-electron chi connectivity index (χ1n) is 11.6. The number of rotatable bonds is 7. The summed E-state index contributed by atoms with van der Waals surface area (Å²) in [6.45, 7) is 5.66. The maximum atomic E-state index is 13.5. The van der Waals surface area contributed by atoms with Crippen LogP contribution in [0.15, 0.2) is 48.5 Å². The Balaban J connectivity index is 1.59. The minimum Gasteiger partial charge on any atom is -0.494 e. The molecule has 2 heterocycles. The second-order valence-electron chi connectivity index (χ2n) is 9.19. The average Bonchev–Trinajstić information content (AvgIpc) is 2.81. The summed E-state index contributed by atoms with van der Waals surface area (Å²) in [5.41, 5.74) is 1.98. The number of hydrogen-bond acceptors (Lipinski definition) is 4. The minimum absolute atomic E-state index is 0.000992. The fraction of sp³-hybridized carbons (Fsp3) is 0.500. The van der Waals surface area contributed by atoms with E-state index in [9.17, 15) is 9.18 Å². The summed E-state index contributed by atoms with van der Waals surface area (Å²) < 4.78 is 24.9. The van der Waals surface area contributed by atoms with Gasteiger partial charge in [0.15, 0.2) is 0 Å². The van der Waals surface area contributed by atoms with Crippen molar-refractivity contribution in [1.29, 1.82) is 0 Å². The van der Waals surface area contributed by atoms with E-state index in [4.69, 9.17) is 9.47 Å². The van der Waals surface area contributed by atoms with Gasteiger partial charge in [0, 0.05) is 18.0 Å². The lowest BCUT2D eigenvalue weighted by molar-refractivity contribution is -0.0780. The molecule has 2 aromatic carbocycles. The first-order valence-corrected chi connectivity index (χ1v) is 11.6. The number of benzene rings is 2. The summed E-state index contributed by atoms with van der Waals surface area (Å²) >= 11 is 0. The molecule has 0 saturated carbocycles. The Morgan fingerprint density at radius 1 is 1.06 bits per heavy atom. The number of amides is 1. The SMILES string of the molecule is CCCOc1ccc(CN2C(=O)OCC3(CCN(C)CC3)C2Cc2ccc(F)cc2)cc1. The Morgan fingerprint density at radius 3 is 2.38 bits per heavy atom. The highest BCUT2D eigenvalue weighted by atomic mass is 19.1. The van der Waals surface area contributed by atoms with E-state index in [-0.39, 0.29) is 23.4 Å². The molecule has 0 N–H and O–H groups in total. The molecule has 5 nitrogen and oxygen atoms in total. The highest BCUT2D eigenvalue weighted by Crippen LogP contribution is 2.42. The maximum absolute atomic E-state index is 13.5. The third kappa shape index (κ3) is 5.07. The van der Waals surface area contributed by atoms with E-state index >= 15 is 0 Å². The largest absolute Gasteiger partial charge is 0.494 e. The van der Waals surface area contributed by atoms with E-state index in [1.807, 2.05) is 41.3 Å². The predicted molar refractivity (Wildman–Crippen MR) is 122 cm³/mol. The summed E-state index contributed by atoms with van der Waals surface area (Å²) in [7, 11) is 2.14. The van der Waals surface area contributed by atoms with Crippen LogP contribution >= 0.6 is 0 Å². The van der Waals surface area contributed by atoms with Gasteiger partial charge in [-0.3, -0.25) is 4.90 Å². The molecular formula is C26H33FN2O3. The molecule has 1 amide bonds. The molecule has 1 atom stereocenters. The normalized spacial score (nSPS) is 20.9. The van der Waals surface area contributed by atoms with Crippen LogP contribution < -0.4 is 4.74 Å². The van der Waals surface area contributed by atoms with Crippen molar-refractivity contribution in [3.63, 3.8) is 0 Å². The summed E-state index contributed by atoms with van der Waals surface area (Å²) in [6.07, 6.45) is 3.33. The van der Waals surface area contributed by atoms with Gasteiger partial charge in [-0.15, -0.1) is 0 Å². The van der Waals surface area contributed by atoms with Crippen LogP contribution in [0.4, 0.5) is 9.18 Å². The van der Waals surface area contributed by atoms with E-state index in [2.05, 4.69) is 18.9 Å². The van der Waals surface area contributed by atoms with Gasteiger partial charge < -0.3 is 14.4 Å². The average molecular weight is 441 g/mol. The van der Waals surface area contributed by atoms with Crippen LogP contribution in [0.25, 0.3) is 0 Å². The molecule has 172 valence electrons. The molecule has 2 saturated heterocycles. The second-order valence-corrected chi connectivity index (χ2v) is 9.19. The molecule has 2 fully saturated rings.